The summed E-state index contributed by atoms with van der Waals surface area (Å²) in [6.07, 6.45) is 66.7. The van der Waals surface area contributed by atoms with Crippen LogP contribution in [0.4, 0.5) is 0 Å². The second kappa shape index (κ2) is 51.0. The largest absolute Gasteiger partial charge is 0.462 e. The summed E-state index contributed by atoms with van der Waals surface area (Å²) in [5, 5.41) is 0. The lowest BCUT2D eigenvalue weighted by atomic mass is 10.1. The first kappa shape index (κ1) is 59.3. The maximum atomic E-state index is 12.8. The number of hydrogen-bond donors (Lipinski definition) is 0. The van der Waals surface area contributed by atoms with Crippen molar-refractivity contribution in [2.24, 2.45) is 0 Å². The molecule has 0 N–H and O–H groups in total. The van der Waals surface area contributed by atoms with Crippen molar-refractivity contribution in [3.63, 3.8) is 0 Å². The van der Waals surface area contributed by atoms with Gasteiger partial charge >= 0.3 is 17.9 Å². The van der Waals surface area contributed by atoms with Crippen LogP contribution >= 0.6 is 0 Å². The summed E-state index contributed by atoms with van der Waals surface area (Å²) in [6, 6.07) is 0. The molecule has 0 saturated heterocycles. The predicted molar refractivity (Wildman–Crippen MR) is 270 cm³/mol. The average Bonchev–Trinajstić information content (AvgIpc) is 3.28. The third-order valence-electron chi connectivity index (χ3n) is 10.6. The molecule has 0 fully saturated rings. The van der Waals surface area contributed by atoms with Gasteiger partial charge in [0.15, 0.2) is 6.10 Å². The molecule has 1 atom stereocenters. The van der Waals surface area contributed by atoms with Crippen LogP contribution in [-0.2, 0) is 28.6 Å². The molecule has 0 aliphatic rings. The maximum absolute atomic E-state index is 12.8. The van der Waals surface area contributed by atoms with Gasteiger partial charge in [-0.3, -0.25) is 14.4 Å². The highest BCUT2D eigenvalue weighted by Gasteiger charge is 2.19. The van der Waals surface area contributed by atoms with E-state index in [1.54, 1.807) is 0 Å². The van der Waals surface area contributed by atoms with Gasteiger partial charge in [-0.05, 0) is 116 Å². The zero-order valence-corrected chi connectivity index (χ0v) is 40.8. The molecule has 0 aliphatic heterocycles. The molecule has 0 aliphatic carbocycles. The standard InChI is InChI=1S/C57H94O6/c1-4-7-10-13-16-19-22-25-28-31-34-37-40-43-46-49-55(58)61-52-54(63-57(60)51-48-45-42-39-36-33-30-27-24-21-18-15-12-9-6-3)53-62-56(59)50-47-44-41-38-35-32-29-26-23-20-17-14-11-8-5-2/h7,9-10,12,16-21,25-30,54H,4-6,8,11,13-15,22-24,31-53H2,1-3H3/b10-7-,12-9-,19-16-,20-17-,21-18-,28-25-,29-26-,30-27-/t54-/m0/s1. The molecular formula is C57H94O6. The van der Waals surface area contributed by atoms with Gasteiger partial charge in [-0.15, -0.1) is 0 Å². The molecule has 0 amide bonds. The highest BCUT2D eigenvalue weighted by atomic mass is 16.6. The number of ether oxygens (including phenoxy) is 3. The van der Waals surface area contributed by atoms with Gasteiger partial charge in [0.25, 0.3) is 0 Å². The van der Waals surface area contributed by atoms with E-state index in [9.17, 15) is 14.4 Å². The topological polar surface area (TPSA) is 78.9 Å². The number of carbonyl (C=O) groups is 3. The lowest BCUT2D eigenvalue weighted by molar-refractivity contribution is -0.167. The fraction of sp³-hybridized carbons (Fsp3) is 0.667. The predicted octanol–water partition coefficient (Wildman–Crippen LogP) is 17.0. The highest BCUT2D eigenvalue weighted by Crippen LogP contribution is 2.13. The SMILES string of the molecule is CC/C=C\C/C=C\C/C=C\CCCCCCCC(=O)OC[C@@H](COC(=O)CCCCCCC/C=C\C/C=C\CCCCC)OC(=O)CCCCCCC/C=C\C/C=C\C/C=C\CC. The second-order valence-electron chi connectivity index (χ2n) is 16.7. The van der Waals surface area contributed by atoms with Crippen molar-refractivity contribution in [3.8, 4) is 0 Å². The van der Waals surface area contributed by atoms with Gasteiger partial charge < -0.3 is 14.2 Å². The molecule has 0 heterocycles. The molecule has 0 aromatic carbocycles. The summed E-state index contributed by atoms with van der Waals surface area (Å²) < 4.78 is 16.8. The third-order valence-corrected chi connectivity index (χ3v) is 10.6. The van der Waals surface area contributed by atoms with E-state index in [2.05, 4.69) is 118 Å². The molecule has 0 aromatic heterocycles. The normalized spacial score (nSPS) is 12.9. The molecule has 0 spiro atoms. The van der Waals surface area contributed by atoms with E-state index >= 15 is 0 Å². The fourth-order valence-electron chi connectivity index (χ4n) is 6.73. The molecule has 6 heteroatoms. The van der Waals surface area contributed by atoms with Crippen LogP contribution in [0.1, 0.15) is 226 Å². The first-order valence-corrected chi connectivity index (χ1v) is 25.7. The van der Waals surface area contributed by atoms with Gasteiger partial charge in [-0.25, -0.2) is 0 Å². The van der Waals surface area contributed by atoms with Crippen molar-refractivity contribution in [2.45, 2.75) is 232 Å². The van der Waals surface area contributed by atoms with Gasteiger partial charge in [-0.1, -0.05) is 189 Å². The van der Waals surface area contributed by atoms with Crippen molar-refractivity contribution < 1.29 is 28.6 Å². The van der Waals surface area contributed by atoms with Gasteiger partial charge in [0, 0.05) is 19.3 Å². The molecular weight excluding hydrogens is 781 g/mol. The van der Waals surface area contributed by atoms with Gasteiger partial charge in [0.2, 0.25) is 0 Å². The average molecular weight is 875 g/mol. The van der Waals surface area contributed by atoms with Gasteiger partial charge in [0.1, 0.15) is 13.2 Å². The Hall–Kier alpha value is -3.67. The second-order valence-corrected chi connectivity index (χ2v) is 16.7. The van der Waals surface area contributed by atoms with Crippen molar-refractivity contribution >= 4 is 17.9 Å². The Balaban J connectivity index is 4.48. The summed E-state index contributed by atoms with van der Waals surface area (Å²) in [6.45, 7) is 6.34. The van der Waals surface area contributed by atoms with Crippen molar-refractivity contribution in [1.29, 1.82) is 0 Å². The molecule has 0 bridgehead atoms. The maximum Gasteiger partial charge on any atom is 0.306 e. The van der Waals surface area contributed by atoms with Crippen molar-refractivity contribution in [2.75, 3.05) is 13.2 Å². The molecule has 0 radical (unpaired) electrons. The lowest BCUT2D eigenvalue weighted by Crippen LogP contribution is -2.30. The number of esters is 3. The van der Waals surface area contributed by atoms with E-state index in [-0.39, 0.29) is 31.1 Å². The number of hydrogen-bond acceptors (Lipinski definition) is 6. The van der Waals surface area contributed by atoms with Gasteiger partial charge in [0.05, 0.1) is 0 Å². The van der Waals surface area contributed by atoms with Crippen LogP contribution in [0.15, 0.2) is 97.2 Å². The van der Waals surface area contributed by atoms with Crippen LogP contribution < -0.4 is 0 Å². The molecule has 0 unspecified atom stereocenters. The highest BCUT2D eigenvalue weighted by molar-refractivity contribution is 5.71. The minimum Gasteiger partial charge on any atom is -0.462 e. The Morgan fingerprint density at radius 3 is 0.968 bits per heavy atom. The van der Waals surface area contributed by atoms with Crippen LogP contribution in [0.25, 0.3) is 0 Å². The molecule has 358 valence electrons. The molecule has 0 rings (SSSR count). The quantitative estimate of drug-likeness (QED) is 0.0262. The Bertz CT molecular complexity index is 1280. The summed E-state index contributed by atoms with van der Waals surface area (Å²) in [5.74, 6) is -0.949. The third kappa shape index (κ3) is 49.2. The minimum atomic E-state index is -0.800. The minimum absolute atomic E-state index is 0.0988. The Kier molecular flexibility index (Phi) is 48.0. The van der Waals surface area contributed by atoms with Crippen LogP contribution in [-0.4, -0.2) is 37.2 Å². The van der Waals surface area contributed by atoms with E-state index in [0.29, 0.717) is 19.3 Å². The zero-order valence-electron chi connectivity index (χ0n) is 40.8. The summed E-state index contributed by atoms with van der Waals surface area (Å²) in [7, 11) is 0. The number of rotatable bonds is 45. The number of carbonyl (C=O) groups excluding carboxylic acids is 3. The smallest absolute Gasteiger partial charge is 0.306 e. The molecule has 0 saturated carbocycles. The molecule has 6 nitrogen and oxygen atoms in total. The number of unbranched alkanes of at least 4 members (excludes halogenated alkanes) is 18. The Labute approximate surface area is 387 Å². The van der Waals surface area contributed by atoms with Crippen LogP contribution in [0.2, 0.25) is 0 Å². The zero-order chi connectivity index (χ0) is 45.8. The van der Waals surface area contributed by atoms with Crippen LogP contribution in [0.5, 0.6) is 0 Å². The first-order chi connectivity index (χ1) is 31.0. The Morgan fingerprint density at radius 1 is 0.333 bits per heavy atom. The van der Waals surface area contributed by atoms with E-state index in [0.717, 1.165) is 161 Å². The van der Waals surface area contributed by atoms with Crippen LogP contribution in [0, 0.1) is 0 Å². The fourth-order valence-corrected chi connectivity index (χ4v) is 6.73. The van der Waals surface area contributed by atoms with Gasteiger partial charge in [-0.2, -0.15) is 0 Å². The van der Waals surface area contributed by atoms with E-state index < -0.39 is 6.10 Å². The van der Waals surface area contributed by atoms with E-state index in [1.807, 2.05) is 0 Å². The van der Waals surface area contributed by atoms with Crippen LogP contribution in [0.3, 0.4) is 0 Å². The molecule has 63 heavy (non-hydrogen) atoms. The van der Waals surface area contributed by atoms with Crippen molar-refractivity contribution in [1.82, 2.24) is 0 Å². The summed E-state index contributed by atoms with van der Waals surface area (Å²) in [5.41, 5.74) is 0. The van der Waals surface area contributed by atoms with Crippen molar-refractivity contribution in [3.05, 3.63) is 97.2 Å². The summed E-state index contributed by atoms with van der Waals surface area (Å²) in [4.78, 5) is 38.0. The number of allylic oxidation sites excluding steroid dienone is 16. The first-order valence-electron chi connectivity index (χ1n) is 25.7. The molecule has 0 aromatic rings. The summed E-state index contributed by atoms with van der Waals surface area (Å²) >= 11 is 0. The van der Waals surface area contributed by atoms with E-state index in [4.69, 9.17) is 14.2 Å². The monoisotopic (exact) mass is 875 g/mol. The lowest BCUT2D eigenvalue weighted by Gasteiger charge is -2.18. The Morgan fingerprint density at radius 2 is 0.619 bits per heavy atom. The van der Waals surface area contributed by atoms with E-state index in [1.165, 1.54) is 25.7 Å².